The molecule has 1 unspecified atom stereocenters. The first-order valence-corrected chi connectivity index (χ1v) is 10.2. The number of benzene rings is 1. The molecule has 158 valence electrons. The van der Waals surface area contributed by atoms with Gasteiger partial charge in [0.05, 0.1) is 28.6 Å². The van der Waals surface area contributed by atoms with Gasteiger partial charge in [-0.3, -0.25) is 5.43 Å². The lowest BCUT2D eigenvalue weighted by atomic mass is 10.0. The Morgan fingerprint density at radius 2 is 2.07 bits per heavy atom. The summed E-state index contributed by atoms with van der Waals surface area (Å²) in [6.45, 7) is 6.22. The minimum atomic E-state index is -0.443. The molecule has 0 aliphatic heterocycles. The number of fused-ring (bicyclic) bond motifs is 1. The lowest BCUT2D eigenvalue weighted by Gasteiger charge is -2.22. The highest BCUT2D eigenvalue weighted by Crippen LogP contribution is 2.39. The zero-order valence-electron chi connectivity index (χ0n) is 16.4. The molecular weight excluding hydrogens is 448 g/mol. The van der Waals surface area contributed by atoms with Crippen LogP contribution in [0.4, 0.5) is 10.2 Å². The van der Waals surface area contributed by atoms with E-state index in [9.17, 15) is 4.39 Å². The number of nitrogens with two attached hydrogens (primary N) is 1. The molecule has 0 aliphatic rings. The van der Waals surface area contributed by atoms with Crippen molar-refractivity contribution in [3.63, 3.8) is 0 Å². The Morgan fingerprint density at radius 3 is 2.70 bits per heavy atom. The average molecular weight is 468 g/mol. The van der Waals surface area contributed by atoms with Crippen LogP contribution in [0.3, 0.4) is 0 Å². The molecule has 2 aromatic heterocycles. The summed E-state index contributed by atoms with van der Waals surface area (Å²) >= 11 is 17.6. The number of rotatable bonds is 6. The van der Waals surface area contributed by atoms with Gasteiger partial charge < -0.3 is 11.1 Å². The van der Waals surface area contributed by atoms with Gasteiger partial charge in [-0.1, -0.05) is 37.0 Å². The number of aromatic nitrogens is 3. The van der Waals surface area contributed by atoms with Crippen molar-refractivity contribution in [2.45, 2.75) is 26.8 Å². The van der Waals surface area contributed by atoms with Crippen molar-refractivity contribution in [2.24, 2.45) is 16.8 Å². The van der Waals surface area contributed by atoms with Crippen molar-refractivity contribution in [3.05, 3.63) is 46.0 Å². The van der Waals surface area contributed by atoms with Crippen LogP contribution in [-0.4, -0.2) is 32.0 Å². The van der Waals surface area contributed by atoms with Gasteiger partial charge in [0, 0.05) is 11.6 Å². The number of hydrogen-bond acceptors (Lipinski definition) is 5. The summed E-state index contributed by atoms with van der Waals surface area (Å²) in [6, 6.07) is 4.19. The maximum Gasteiger partial charge on any atom is 0.184 e. The van der Waals surface area contributed by atoms with Crippen molar-refractivity contribution < 1.29 is 4.39 Å². The topological polar surface area (TPSA) is 92.6 Å². The predicted molar refractivity (Wildman–Crippen MR) is 124 cm³/mol. The number of anilines is 1. The van der Waals surface area contributed by atoms with E-state index in [1.54, 1.807) is 16.8 Å². The summed E-state index contributed by atoms with van der Waals surface area (Å²) in [7, 11) is 0. The summed E-state index contributed by atoms with van der Waals surface area (Å²) in [6.07, 6.45) is 3.08. The lowest BCUT2D eigenvalue weighted by Crippen LogP contribution is -2.24. The number of thiocarbonyl (C=S) groups is 1. The van der Waals surface area contributed by atoms with Crippen molar-refractivity contribution in [1.29, 1.82) is 0 Å². The third-order valence-electron chi connectivity index (χ3n) is 4.57. The molecule has 0 amide bonds. The zero-order chi connectivity index (χ0) is 22.0. The molecule has 0 radical (unpaired) electrons. The number of hydrazone groups is 1. The van der Waals surface area contributed by atoms with Gasteiger partial charge in [-0.2, -0.15) is 14.7 Å². The molecule has 0 spiro atoms. The van der Waals surface area contributed by atoms with Crippen LogP contribution in [0.1, 0.15) is 26.3 Å². The highest BCUT2D eigenvalue weighted by Gasteiger charge is 2.22. The molecule has 30 heavy (non-hydrogen) atoms. The molecule has 0 fully saturated rings. The maximum absolute atomic E-state index is 13.6. The summed E-state index contributed by atoms with van der Waals surface area (Å²) < 4.78 is 15.2. The van der Waals surface area contributed by atoms with Gasteiger partial charge in [0.25, 0.3) is 0 Å². The molecule has 1 atom stereocenters. The Labute approximate surface area is 188 Å². The Kier molecular flexibility index (Phi) is 6.74. The van der Waals surface area contributed by atoms with Crippen LogP contribution < -0.4 is 16.5 Å². The first-order valence-electron chi connectivity index (χ1n) is 9.06. The summed E-state index contributed by atoms with van der Waals surface area (Å²) in [4.78, 5) is 4.48. The van der Waals surface area contributed by atoms with Gasteiger partial charge in [-0.25, -0.2) is 9.37 Å². The summed E-state index contributed by atoms with van der Waals surface area (Å²) in [5.74, 6) is 0.457. The molecule has 0 saturated heterocycles. The van der Waals surface area contributed by atoms with Crippen LogP contribution in [0.15, 0.2) is 29.5 Å². The summed E-state index contributed by atoms with van der Waals surface area (Å²) in [5, 5.41) is 12.3. The Morgan fingerprint density at radius 1 is 1.33 bits per heavy atom. The van der Waals surface area contributed by atoms with Gasteiger partial charge in [-0.15, -0.1) is 0 Å². The second-order valence-corrected chi connectivity index (χ2v) is 8.20. The van der Waals surface area contributed by atoms with Crippen LogP contribution in [0.25, 0.3) is 16.8 Å². The third kappa shape index (κ3) is 4.63. The zero-order valence-corrected chi connectivity index (χ0v) is 18.8. The largest absolute Gasteiger partial charge is 0.375 e. The monoisotopic (exact) mass is 467 g/mol. The van der Waals surface area contributed by atoms with E-state index >= 15 is 0 Å². The molecular formula is C19H20Cl2FN7S. The Bertz CT molecular complexity index is 1130. The second-order valence-electron chi connectivity index (χ2n) is 7.00. The predicted octanol–water partition coefficient (Wildman–Crippen LogP) is 4.47. The molecule has 0 bridgehead atoms. The van der Waals surface area contributed by atoms with E-state index in [2.05, 4.69) is 39.8 Å². The standard InChI is InChI=1S/C19H20Cl2FN7S/c1-9(2)10(3)26-18-15(13-5-4-12(22)6-14(13)20)16(21)27-17-11(8-25-29(17)18)7-24-28-19(23)30/h4-10,26H,1-3H3,(H3,23,28,30)/b24-7+. The Balaban J connectivity index is 2.23. The van der Waals surface area contributed by atoms with Crippen LogP contribution in [0, 0.1) is 11.7 Å². The first kappa shape index (κ1) is 22.2. The highest BCUT2D eigenvalue weighted by atomic mass is 35.5. The van der Waals surface area contributed by atoms with E-state index in [0.29, 0.717) is 34.1 Å². The molecule has 0 aliphatic carbocycles. The van der Waals surface area contributed by atoms with Gasteiger partial charge in [0.15, 0.2) is 10.8 Å². The SMILES string of the molecule is CC(C)C(C)Nc1c(-c2ccc(F)cc2Cl)c(Cl)nc2c(/C=N/NC(N)=S)cnn12. The molecule has 4 N–H and O–H groups in total. The fourth-order valence-corrected chi connectivity index (χ4v) is 3.27. The first-order chi connectivity index (χ1) is 14.2. The van der Waals surface area contributed by atoms with Crippen molar-refractivity contribution >= 4 is 58.2 Å². The smallest absolute Gasteiger partial charge is 0.184 e. The molecule has 3 aromatic rings. The molecule has 1 aromatic carbocycles. The highest BCUT2D eigenvalue weighted by molar-refractivity contribution is 7.80. The van der Waals surface area contributed by atoms with E-state index in [0.717, 1.165) is 0 Å². The number of nitrogens with zero attached hydrogens (tertiary/aromatic N) is 4. The van der Waals surface area contributed by atoms with Gasteiger partial charge in [0.1, 0.15) is 16.8 Å². The van der Waals surface area contributed by atoms with E-state index in [-0.39, 0.29) is 21.3 Å². The maximum atomic E-state index is 13.6. The van der Waals surface area contributed by atoms with Crippen molar-refractivity contribution in [1.82, 2.24) is 20.0 Å². The average Bonchev–Trinajstić information content (AvgIpc) is 3.05. The third-order valence-corrected chi connectivity index (χ3v) is 5.25. The molecule has 7 nitrogen and oxygen atoms in total. The molecule has 11 heteroatoms. The number of hydrogen-bond donors (Lipinski definition) is 3. The van der Waals surface area contributed by atoms with Crippen LogP contribution in [0.2, 0.25) is 10.2 Å². The van der Waals surface area contributed by atoms with Crippen molar-refractivity contribution in [2.75, 3.05) is 5.32 Å². The van der Waals surface area contributed by atoms with E-state index < -0.39 is 5.82 Å². The molecule has 3 rings (SSSR count). The van der Waals surface area contributed by atoms with E-state index in [4.69, 9.17) is 41.2 Å². The van der Waals surface area contributed by atoms with Gasteiger partial charge in [0.2, 0.25) is 0 Å². The summed E-state index contributed by atoms with van der Waals surface area (Å²) in [5.41, 5.74) is 9.99. The van der Waals surface area contributed by atoms with Crippen LogP contribution >= 0.6 is 35.4 Å². The number of halogens is 3. The minimum Gasteiger partial charge on any atom is -0.375 e. The molecule has 2 heterocycles. The second kappa shape index (κ2) is 9.11. The fourth-order valence-electron chi connectivity index (χ4n) is 2.69. The number of nitrogens with one attached hydrogen (secondary N) is 2. The van der Waals surface area contributed by atoms with Gasteiger partial charge >= 0.3 is 0 Å². The minimum absolute atomic E-state index is 0.0371. The van der Waals surface area contributed by atoms with E-state index in [1.807, 2.05) is 6.92 Å². The lowest BCUT2D eigenvalue weighted by molar-refractivity contribution is 0.556. The normalized spacial score (nSPS) is 12.6. The van der Waals surface area contributed by atoms with E-state index in [1.165, 1.54) is 18.3 Å². The quantitative estimate of drug-likeness (QED) is 0.214. The fraction of sp³-hybridized carbons (Fsp3) is 0.263. The Hall–Kier alpha value is -2.49. The molecule has 0 saturated carbocycles. The van der Waals surface area contributed by atoms with Crippen LogP contribution in [-0.2, 0) is 0 Å². The van der Waals surface area contributed by atoms with Crippen LogP contribution in [0.5, 0.6) is 0 Å². The van der Waals surface area contributed by atoms with Gasteiger partial charge in [-0.05, 0) is 43.3 Å². The van der Waals surface area contributed by atoms with Crippen molar-refractivity contribution in [3.8, 4) is 11.1 Å².